The molecule has 1 aliphatic heterocycles. The molecule has 0 spiro atoms. The van der Waals surface area contributed by atoms with Gasteiger partial charge in [0.15, 0.2) is 0 Å². The second kappa shape index (κ2) is 8.60. The normalized spacial score (nSPS) is 16.8. The van der Waals surface area contributed by atoms with Gasteiger partial charge in [-0.3, -0.25) is 9.69 Å². The summed E-state index contributed by atoms with van der Waals surface area (Å²) in [6.07, 6.45) is 2.20. The van der Waals surface area contributed by atoms with Gasteiger partial charge in [0.1, 0.15) is 0 Å². The monoisotopic (exact) mass is 445 g/mol. The highest BCUT2D eigenvalue weighted by Gasteiger charge is 2.21. The summed E-state index contributed by atoms with van der Waals surface area (Å²) in [4.78, 5) is 14.5. The molecule has 6 heteroatoms. The number of rotatable bonds is 5. The average molecular weight is 447 g/mol. The van der Waals surface area contributed by atoms with Gasteiger partial charge in [-0.25, -0.2) is 0 Å². The van der Waals surface area contributed by atoms with Crippen molar-refractivity contribution >= 4 is 43.5 Å². The number of hydrogen-bond acceptors (Lipinski definition) is 3. The fourth-order valence-electron chi connectivity index (χ4n) is 2.93. The maximum atomic E-state index is 12.3. The number of hydrogen-bond donors (Lipinski definition) is 2. The van der Waals surface area contributed by atoms with E-state index in [2.05, 4.69) is 61.2 Å². The Bertz CT molecular complexity index is 532. The Balaban J connectivity index is 1.85. The van der Waals surface area contributed by atoms with Crippen molar-refractivity contribution < 1.29 is 4.79 Å². The highest BCUT2D eigenvalue weighted by atomic mass is 79.9. The van der Waals surface area contributed by atoms with Crippen molar-refractivity contribution in [3.63, 3.8) is 0 Å². The molecule has 1 aromatic carbocycles. The van der Waals surface area contributed by atoms with Gasteiger partial charge in [0.05, 0.1) is 12.2 Å². The number of amides is 1. The van der Waals surface area contributed by atoms with Crippen LogP contribution in [0, 0.1) is 6.92 Å². The molecule has 0 atom stereocenters. The van der Waals surface area contributed by atoms with Gasteiger partial charge < -0.3 is 10.6 Å². The van der Waals surface area contributed by atoms with E-state index in [-0.39, 0.29) is 5.91 Å². The number of likely N-dealkylation sites (tertiary alicyclic amines) is 1. The van der Waals surface area contributed by atoms with Crippen LogP contribution in [0.3, 0.4) is 0 Å². The van der Waals surface area contributed by atoms with E-state index in [1.165, 1.54) is 0 Å². The average Bonchev–Trinajstić information content (AvgIpc) is 2.44. The largest absolute Gasteiger partial charge is 0.323 e. The first-order valence-electron chi connectivity index (χ1n) is 8.09. The highest BCUT2D eigenvalue weighted by molar-refractivity contribution is 9.11. The van der Waals surface area contributed by atoms with Gasteiger partial charge in [0.2, 0.25) is 5.91 Å². The molecule has 4 nitrogen and oxygen atoms in total. The maximum Gasteiger partial charge on any atom is 0.238 e. The molecule has 1 fully saturated rings. The number of nitrogens with one attached hydrogen (secondary N) is 2. The van der Waals surface area contributed by atoms with Crippen LogP contribution in [0.2, 0.25) is 0 Å². The molecule has 0 aliphatic carbocycles. The molecule has 2 N–H and O–H groups in total. The smallest absolute Gasteiger partial charge is 0.238 e. The molecule has 1 aromatic rings. The summed E-state index contributed by atoms with van der Waals surface area (Å²) in [5.74, 6) is 0.0329. The van der Waals surface area contributed by atoms with Crippen molar-refractivity contribution in [3.05, 3.63) is 26.6 Å². The van der Waals surface area contributed by atoms with Crippen LogP contribution in [0.25, 0.3) is 0 Å². The molecule has 1 saturated heterocycles. The Kier molecular flexibility index (Phi) is 7.07. The summed E-state index contributed by atoms with van der Waals surface area (Å²) in [6.45, 7) is 8.76. The van der Waals surface area contributed by atoms with Gasteiger partial charge in [-0.15, -0.1) is 0 Å². The van der Waals surface area contributed by atoms with E-state index in [0.717, 1.165) is 46.1 Å². The first kappa shape index (κ1) is 18.9. The van der Waals surface area contributed by atoms with Gasteiger partial charge in [0, 0.05) is 34.1 Å². The lowest BCUT2D eigenvalue weighted by Crippen LogP contribution is -2.46. The number of anilines is 1. The maximum absolute atomic E-state index is 12.3. The Morgan fingerprint density at radius 2 is 1.83 bits per heavy atom. The Hall–Kier alpha value is -0.430. The van der Waals surface area contributed by atoms with Gasteiger partial charge >= 0.3 is 0 Å². The SMILES string of the molecule is Cc1cc(Br)c(NC(=O)CN2CCC(NC(C)C)CC2)c(Br)c1. The Morgan fingerprint density at radius 3 is 2.35 bits per heavy atom. The molecule has 128 valence electrons. The van der Waals surface area contributed by atoms with Gasteiger partial charge in [-0.1, -0.05) is 13.8 Å². The van der Waals surface area contributed by atoms with E-state index in [1.807, 2.05) is 19.1 Å². The Labute approximate surface area is 155 Å². The number of benzene rings is 1. The summed E-state index contributed by atoms with van der Waals surface area (Å²) in [5.41, 5.74) is 1.94. The van der Waals surface area contributed by atoms with Crippen molar-refractivity contribution in [2.75, 3.05) is 25.0 Å². The van der Waals surface area contributed by atoms with Crippen molar-refractivity contribution in [2.45, 2.75) is 45.7 Å². The number of halogens is 2. The van der Waals surface area contributed by atoms with Crippen LogP contribution < -0.4 is 10.6 Å². The first-order valence-corrected chi connectivity index (χ1v) is 9.67. The van der Waals surface area contributed by atoms with Crippen LogP contribution in [0.1, 0.15) is 32.3 Å². The summed E-state index contributed by atoms with van der Waals surface area (Å²) in [7, 11) is 0. The first-order chi connectivity index (χ1) is 10.8. The predicted molar refractivity (Wildman–Crippen MR) is 103 cm³/mol. The third-order valence-electron chi connectivity index (χ3n) is 3.97. The molecule has 1 amide bonds. The van der Waals surface area contributed by atoms with E-state index in [4.69, 9.17) is 0 Å². The minimum absolute atomic E-state index is 0.0329. The molecule has 2 rings (SSSR count). The molecule has 23 heavy (non-hydrogen) atoms. The molecule has 1 heterocycles. The number of nitrogens with zero attached hydrogens (tertiary/aromatic N) is 1. The molecule has 0 saturated carbocycles. The van der Waals surface area contributed by atoms with E-state index in [1.54, 1.807) is 0 Å². The molecular formula is C17H25Br2N3O. The van der Waals surface area contributed by atoms with Crippen LogP contribution in [0.5, 0.6) is 0 Å². The van der Waals surface area contributed by atoms with Crippen molar-refractivity contribution in [3.8, 4) is 0 Å². The van der Waals surface area contributed by atoms with E-state index < -0.39 is 0 Å². The predicted octanol–water partition coefficient (Wildman–Crippen LogP) is 3.92. The third kappa shape index (κ3) is 5.85. The van der Waals surface area contributed by atoms with Gasteiger partial charge in [-0.2, -0.15) is 0 Å². The van der Waals surface area contributed by atoms with Crippen molar-refractivity contribution in [2.24, 2.45) is 0 Å². The zero-order valence-corrected chi connectivity index (χ0v) is 17.1. The second-order valence-corrected chi connectivity index (χ2v) is 8.23. The minimum atomic E-state index is 0.0329. The number of carbonyl (C=O) groups is 1. The van der Waals surface area contributed by atoms with E-state index in [9.17, 15) is 4.79 Å². The lowest BCUT2D eigenvalue weighted by atomic mass is 10.0. The highest BCUT2D eigenvalue weighted by Crippen LogP contribution is 2.32. The van der Waals surface area contributed by atoms with Gasteiger partial charge in [-0.05, 0) is 69.3 Å². The van der Waals surface area contributed by atoms with Crippen LogP contribution in [-0.2, 0) is 4.79 Å². The summed E-state index contributed by atoms with van der Waals surface area (Å²) in [6, 6.07) is 5.10. The van der Waals surface area contributed by atoms with Crippen LogP contribution in [0.15, 0.2) is 21.1 Å². The fraction of sp³-hybridized carbons (Fsp3) is 0.588. The lowest BCUT2D eigenvalue weighted by molar-refractivity contribution is -0.117. The van der Waals surface area contributed by atoms with E-state index in [0.29, 0.717) is 18.6 Å². The topological polar surface area (TPSA) is 44.4 Å². The second-order valence-electron chi connectivity index (χ2n) is 6.52. The van der Waals surface area contributed by atoms with Crippen molar-refractivity contribution in [1.29, 1.82) is 0 Å². The molecule has 0 bridgehead atoms. The minimum Gasteiger partial charge on any atom is -0.323 e. The molecular weight excluding hydrogens is 422 g/mol. The third-order valence-corrected chi connectivity index (χ3v) is 5.23. The number of aryl methyl sites for hydroxylation is 1. The van der Waals surface area contributed by atoms with Crippen LogP contribution >= 0.6 is 31.9 Å². The Morgan fingerprint density at radius 1 is 1.26 bits per heavy atom. The fourth-order valence-corrected chi connectivity index (χ4v) is 4.54. The van der Waals surface area contributed by atoms with Crippen molar-refractivity contribution in [1.82, 2.24) is 10.2 Å². The molecule has 0 unspecified atom stereocenters. The quantitative estimate of drug-likeness (QED) is 0.720. The van der Waals surface area contributed by atoms with Crippen LogP contribution in [-0.4, -0.2) is 42.5 Å². The molecule has 0 radical (unpaired) electrons. The van der Waals surface area contributed by atoms with E-state index >= 15 is 0 Å². The number of carbonyl (C=O) groups excluding carboxylic acids is 1. The number of piperidine rings is 1. The lowest BCUT2D eigenvalue weighted by Gasteiger charge is -2.33. The summed E-state index contributed by atoms with van der Waals surface area (Å²) < 4.78 is 1.80. The summed E-state index contributed by atoms with van der Waals surface area (Å²) in [5, 5.41) is 6.58. The molecule has 0 aromatic heterocycles. The summed E-state index contributed by atoms with van der Waals surface area (Å²) >= 11 is 7.03. The zero-order chi connectivity index (χ0) is 17.0. The standard InChI is InChI=1S/C17H25Br2N3O/c1-11(2)20-13-4-6-22(7-5-13)10-16(23)21-17-14(18)8-12(3)9-15(17)19/h8-9,11,13,20H,4-7,10H2,1-3H3,(H,21,23). The molecule has 1 aliphatic rings. The zero-order valence-electron chi connectivity index (χ0n) is 14.0. The van der Waals surface area contributed by atoms with Crippen LogP contribution in [0.4, 0.5) is 5.69 Å². The van der Waals surface area contributed by atoms with Gasteiger partial charge in [0.25, 0.3) is 0 Å².